The third-order valence-electron chi connectivity index (χ3n) is 4.33. The summed E-state index contributed by atoms with van der Waals surface area (Å²) in [5, 5.41) is 0. The van der Waals surface area contributed by atoms with Crippen molar-refractivity contribution in [2.24, 2.45) is 0 Å². The molecule has 0 aliphatic carbocycles. The van der Waals surface area contributed by atoms with Crippen molar-refractivity contribution in [1.29, 1.82) is 0 Å². The summed E-state index contributed by atoms with van der Waals surface area (Å²) in [6.45, 7) is -0.111. The number of carbonyl (C=O) groups is 1. The van der Waals surface area contributed by atoms with Gasteiger partial charge in [0.15, 0.2) is 12.4 Å². The first-order valence-electron chi connectivity index (χ1n) is 8.53. The van der Waals surface area contributed by atoms with Gasteiger partial charge in [0.1, 0.15) is 6.04 Å². The van der Waals surface area contributed by atoms with Crippen LogP contribution < -0.4 is 10.6 Å². The highest BCUT2D eigenvalue weighted by Gasteiger charge is 2.37. The molecule has 2 aromatic rings. The van der Waals surface area contributed by atoms with Crippen molar-refractivity contribution in [1.82, 2.24) is 19.3 Å². The van der Waals surface area contributed by atoms with Crippen LogP contribution in [0.4, 0.5) is 11.9 Å². The van der Waals surface area contributed by atoms with Gasteiger partial charge >= 0.3 is 5.97 Å². The number of rotatable bonds is 5. The van der Waals surface area contributed by atoms with Gasteiger partial charge in [-0.2, -0.15) is 19.3 Å². The molecule has 1 aromatic carbocycles. The van der Waals surface area contributed by atoms with E-state index < -0.39 is 22.0 Å². The monoisotopic (exact) mass is 406 g/mol. The number of esters is 1. The van der Waals surface area contributed by atoms with E-state index in [0.717, 1.165) is 21.7 Å². The van der Waals surface area contributed by atoms with Gasteiger partial charge in [-0.3, -0.25) is 4.79 Å². The summed E-state index contributed by atoms with van der Waals surface area (Å²) >= 11 is 0. The molecule has 3 rings (SSSR count). The van der Waals surface area contributed by atoms with Crippen molar-refractivity contribution >= 4 is 27.9 Å². The van der Waals surface area contributed by atoms with Gasteiger partial charge in [-0.05, 0) is 11.1 Å². The Kier molecular flexibility index (Phi) is 5.47. The first-order chi connectivity index (χ1) is 13.1. The predicted molar refractivity (Wildman–Crippen MR) is 103 cm³/mol. The van der Waals surface area contributed by atoms with Gasteiger partial charge in [0.05, 0.1) is 6.26 Å². The summed E-state index contributed by atoms with van der Waals surface area (Å²) in [6, 6.07) is 6.48. The molecule has 1 aliphatic rings. The largest absolute Gasteiger partial charge is 0.456 e. The minimum atomic E-state index is -3.61. The van der Waals surface area contributed by atoms with Crippen LogP contribution in [-0.4, -0.2) is 60.0 Å². The summed E-state index contributed by atoms with van der Waals surface area (Å²) < 4.78 is 30.9. The first-order valence-corrected chi connectivity index (χ1v) is 10.4. The first kappa shape index (κ1) is 20.0. The highest BCUT2D eigenvalue weighted by molar-refractivity contribution is 7.88. The maximum Gasteiger partial charge on any atom is 0.325 e. The number of anilines is 2. The van der Waals surface area contributed by atoms with Crippen LogP contribution in [-0.2, 0) is 39.1 Å². The molecule has 1 aromatic heterocycles. The minimum Gasteiger partial charge on any atom is -0.456 e. The van der Waals surface area contributed by atoms with Gasteiger partial charge in [-0.15, -0.1) is 0 Å². The van der Waals surface area contributed by atoms with Crippen molar-refractivity contribution in [3.05, 3.63) is 41.2 Å². The summed E-state index contributed by atoms with van der Waals surface area (Å²) in [5.41, 5.74) is 7.45. The lowest BCUT2D eigenvalue weighted by Crippen LogP contribution is -2.48. The third-order valence-corrected chi connectivity index (χ3v) is 5.57. The van der Waals surface area contributed by atoms with Crippen molar-refractivity contribution in [3.63, 3.8) is 0 Å². The normalized spacial score (nSPS) is 17.0. The topological polar surface area (TPSA) is 132 Å². The van der Waals surface area contributed by atoms with E-state index in [4.69, 9.17) is 10.5 Å². The number of hydrogen-bond acceptors (Lipinski definition) is 9. The molecule has 150 valence electrons. The lowest BCUT2D eigenvalue weighted by atomic mass is 9.96. The van der Waals surface area contributed by atoms with E-state index in [2.05, 4.69) is 15.0 Å². The Hall–Kier alpha value is -2.79. The smallest absolute Gasteiger partial charge is 0.325 e. The Balaban J connectivity index is 1.79. The summed E-state index contributed by atoms with van der Waals surface area (Å²) in [5.74, 6) is -0.131. The van der Waals surface area contributed by atoms with E-state index in [1.165, 1.54) is 0 Å². The fourth-order valence-electron chi connectivity index (χ4n) is 2.97. The SMILES string of the molecule is CN(C)c1nc(N)nc(COC(=O)[C@H]2Cc3ccccc3CN2S(C)(=O)=O)n1. The standard InChI is InChI=1S/C17H22N6O4S/c1-22(2)17-20-14(19-16(18)21-17)10-27-15(24)13-8-11-6-4-5-7-12(11)9-23(13)28(3,25)26/h4-7,13H,8-10H2,1-3H3,(H2,18,19,20,21)/t13-/m1/s1. The van der Waals surface area contributed by atoms with Gasteiger partial charge in [-0.25, -0.2) is 8.42 Å². The zero-order valence-electron chi connectivity index (χ0n) is 15.9. The number of benzene rings is 1. The molecular formula is C17H22N6O4S. The average Bonchev–Trinajstić information content (AvgIpc) is 2.63. The molecule has 0 fully saturated rings. The lowest BCUT2D eigenvalue weighted by molar-refractivity contribution is -0.150. The van der Waals surface area contributed by atoms with E-state index in [1.807, 2.05) is 24.3 Å². The van der Waals surface area contributed by atoms with E-state index in [0.29, 0.717) is 5.95 Å². The number of aromatic nitrogens is 3. The van der Waals surface area contributed by atoms with E-state index in [1.54, 1.807) is 19.0 Å². The number of nitrogens with zero attached hydrogens (tertiary/aromatic N) is 5. The molecule has 1 atom stereocenters. The van der Waals surface area contributed by atoms with Gasteiger partial charge in [0.2, 0.25) is 21.9 Å². The Labute approximate surface area is 163 Å². The number of fused-ring (bicyclic) bond motifs is 1. The van der Waals surface area contributed by atoms with Gasteiger partial charge in [0.25, 0.3) is 0 Å². The van der Waals surface area contributed by atoms with Gasteiger partial charge < -0.3 is 15.4 Å². The van der Waals surface area contributed by atoms with E-state index in [-0.39, 0.29) is 31.3 Å². The van der Waals surface area contributed by atoms with E-state index >= 15 is 0 Å². The Morgan fingerprint density at radius 2 is 1.93 bits per heavy atom. The molecule has 2 heterocycles. The molecule has 0 radical (unpaired) electrons. The number of ether oxygens (including phenoxy) is 1. The van der Waals surface area contributed by atoms with Crippen LogP contribution in [0.2, 0.25) is 0 Å². The van der Waals surface area contributed by atoms with Crippen molar-refractivity contribution in [2.45, 2.75) is 25.6 Å². The Morgan fingerprint density at radius 1 is 1.25 bits per heavy atom. The molecule has 0 saturated heterocycles. The molecular weight excluding hydrogens is 384 g/mol. The summed E-state index contributed by atoms with van der Waals surface area (Å²) in [4.78, 5) is 26.4. The van der Waals surface area contributed by atoms with Crippen LogP contribution in [0.3, 0.4) is 0 Å². The molecule has 11 heteroatoms. The second-order valence-corrected chi connectivity index (χ2v) is 8.64. The fourth-order valence-corrected chi connectivity index (χ4v) is 3.97. The third kappa shape index (κ3) is 4.37. The predicted octanol–water partition coefficient (Wildman–Crippen LogP) is -0.0505. The molecule has 0 saturated carbocycles. The average molecular weight is 406 g/mol. The van der Waals surface area contributed by atoms with Crippen LogP contribution in [0, 0.1) is 0 Å². The number of nitrogen functional groups attached to an aromatic ring is 1. The fraction of sp³-hybridized carbons (Fsp3) is 0.412. The van der Waals surface area contributed by atoms with Gasteiger partial charge in [-0.1, -0.05) is 24.3 Å². The van der Waals surface area contributed by atoms with Crippen molar-refractivity contribution in [3.8, 4) is 0 Å². The maximum atomic E-state index is 12.7. The van der Waals surface area contributed by atoms with Gasteiger partial charge in [0, 0.05) is 27.1 Å². The molecule has 10 nitrogen and oxygen atoms in total. The van der Waals surface area contributed by atoms with Crippen LogP contribution in [0.5, 0.6) is 0 Å². The highest BCUT2D eigenvalue weighted by Crippen LogP contribution is 2.26. The van der Waals surface area contributed by atoms with Crippen molar-refractivity contribution in [2.75, 3.05) is 31.0 Å². The molecule has 2 N–H and O–H groups in total. The molecule has 0 unspecified atom stereocenters. The molecule has 0 spiro atoms. The number of carbonyl (C=O) groups excluding carboxylic acids is 1. The second kappa shape index (κ2) is 7.68. The Bertz CT molecular complexity index is 995. The highest BCUT2D eigenvalue weighted by atomic mass is 32.2. The van der Waals surface area contributed by atoms with Crippen LogP contribution in [0.25, 0.3) is 0 Å². The molecule has 28 heavy (non-hydrogen) atoms. The quantitative estimate of drug-likeness (QED) is 0.679. The number of hydrogen-bond donors (Lipinski definition) is 1. The summed E-state index contributed by atoms with van der Waals surface area (Å²) in [7, 11) is -0.118. The molecule has 1 aliphatic heterocycles. The minimum absolute atomic E-state index is 0.00843. The molecule has 0 amide bonds. The lowest BCUT2D eigenvalue weighted by Gasteiger charge is -2.33. The van der Waals surface area contributed by atoms with E-state index in [9.17, 15) is 13.2 Å². The zero-order chi connectivity index (χ0) is 20.5. The number of sulfonamides is 1. The van der Waals surface area contributed by atoms with Crippen molar-refractivity contribution < 1.29 is 17.9 Å². The molecule has 0 bridgehead atoms. The second-order valence-electron chi connectivity index (χ2n) is 6.71. The number of nitrogens with two attached hydrogens (primary N) is 1. The van der Waals surface area contributed by atoms with Crippen LogP contribution >= 0.6 is 0 Å². The summed E-state index contributed by atoms with van der Waals surface area (Å²) in [6.07, 6.45) is 1.32. The Morgan fingerprint density at radius 3 is 2.57 bits per heavy atom. The zero-order valence-corrected chi connectivity index (χ0v) is 16.7. The van der Waals surface area contributed by atoms with Crippen LogP contribution in [0.15, 0.2) is 24.3 Å². The maximum absolute atomic E-state index is 12.7. The van der Waals surface area contributed by atoms with Crippen LogP contribution in [0.1, 0.15) is 17.0 Å².